The number of rotatable bonds is 7. The number of hydrogen-bond donors (Lipinski definition) is 3. The molecular formula is C26H22F3NO6. The first-order valence-corrected chi connectivity index (χ1v) is 11.0. The monoisotopic (exact) mass is 501 g/mol. The fraction of sp³-hybridized carbons (Fsp3) is 0.231. The number of phenolic OH excluding ortho intramolecular Hbond substituents is 1. The number of aliphatic carboxylic acids is 1. The smallest absolute Gasteiger partial charge is 0.507 e. The van der Waals surface area contributed by atoms with Crippen LogP contribution in [0.4, 0.5) is 18.0 Å². The molecule has 1 aliphatic rings. The maximum Gasteiger partial charge on any atom is 0.573 e. The molecule has 4 rings (SSSR count). The van der Waals surface area contributed by atoms with E-state index < -0.39 is 42.4 Å². The Balaban J connectivity index is 1.46. The molecule has 0 fully saturated rings. The van der Waals surface area contributed by atoms with Gasteiger partial charge in [0.05, 0.1) is 0 Å². The molecule has 1 amide bonds. The molecule has 188 valence electrons. The van der Waals surface area contributed by atoms with Gasteiger partial charge in [-0.1, -0.05) is 48.5 Å². The van der Waals surface area contributed by atoms with E-state index in [0.717, 1.165) is 34.4 Å². The summed E-state index contributed by atoms with van der Waals surface area (Å²) >= 11 is 0. The number of fused-ring (bicyclic) bond motifs is 3. The van der Waals surface area contributed by atoms with Gasteiger partial charge in [0.2, 0.25) is 0 Å². The van der Waals surface area contributed by atoms with Gasteiger partial charge in [-0.25, -0.2) is 9.59 Å². The summed E-state index contributed by atoms with van der Waals surface area (Å²) in [5.41, 5.74) is 3.92. The molecule has 10 heteroatoms. The topological polar surface area (TPSA) is 105 Å². The van der Waals surface area contributed by atoms with Gasteiger partial charge in [-0.05, 0) is 46.9 Å². The van der Waals surface area contributed by atoms with Crippen molar-refractivity contribution in [2.75, 3.05) is 6.61 Å². The largest absolute Gasteiger partial charge is 0.573 e. The number of amides is 1. The molecule has 36 heavy (non-hydrogen) atoms. The Bertz CT molecular complexity index is 1260. The van der Waals surface area contributed by atoms with Gasteiger partial charge < -0.3 is 25.0 Å². The average molecular weight is 501 g/mol. The quantitative estimate of drug-likeness (QED) is 0.415. The van der Waals surface area contributed by atoms with Crippen molar-refractivity contribution in [3.63, 3.8) is 0 Å². The lowest BCUT2D eigenvalue weighted by molar-refractivity contribution is -0.274. The molecule has 0 radical (unpaired) electrons. The maximum atomic E-state index is 12.6. The van der Waals surface area contributed by atoms with Crippen LogP contribution in [-0.2, 0) is 16.0 Å². The lowest BCUT2D eigenvalue weighted by Gasteiger charge is -2.19. The van der Waals surface area contributed by atoms with E-state index in [9.17, 15) is 33.0 Å². The number of carboxylic acids is 1. The van der Waals surface area contributed by atoms with E-state index in [-0.39, 0.29) is 23.7 Å². The number of phenols is 1. The highest BCUT2D eigenvalue weighted by atomic mass is 19.4. The Hall–Kier alpha value is -4.21. The first-order chi connectivity index (χ1) is 17.0. The number of halogens is 3. The summed E-state index contributed by atoms with van der Waals surface area (Å²) in [4.78, 5) is 24.3. The van der Waals surface area contributed by atoms with Gasteiger partial charge in [0.25, 0.3) is 0 Å². The van der Waals surface area contributed by atoms with Crippen molar-refractivity contribution >= 4 is 12.1 Å². The molecule has 3 aromatic rings. The normalized spacial score (nSPS) is 13.4. The fourth-order valence-corrected chi connectivity index (χ4v) is 4.37. The second-order valence-corrected chi connectivity index (χ2v) is 8.36. The first-order valence-electron chi connectivity index (χ1n) is 11.0. The second-order valence-electron chi connectivity index (χ2n) is 8.36. The lowest BCUT2D eigenvalue weighted by Crippen LogP contribution is -2.43. The van der Waals surface area contributed by atoms with Gasteiger partial charge in [0.1, 0.15) is 24.1 Å². The summed E-state index contributed by atoms with van der Waals surface area (Å²) in [6.45, 7) is 1.29. The van der Waals surface area contributed by atoms with Gasteiger partial charge >= 0.3 is 18.4 Å². The molecule has 3 aromatic carbocycles. The minimum Gasteiger partial charge on any atom is -0.507 e. The molecule has 1 unspecified atom stereocenters. The van der Waals surface area contributed by atoms with Crippen LogP contribution in [0.25, 0.3) is 11.1 Å². The highest BCUT2D eigenvalue weighted by Gasteiger charge is 2.33. The predicted molar refractivity (Wildman–Crippen MR) is 123 cm³/mol. The lowest BCUT2D eigenvalue weighted by atomic mass is 9.98. The van der Waals surface area contributed by atoms with E-state index in [4.69, 9.17) is 4.74 Å². The molecule has 0 heterocycles. The Kier molecular flexibility index (Phi) is 6.78. The number of carboxylic acid groups (broad SMARTS) is 1. The standard InChI is InChI=1S/C26H22F3NO6/c1-14-10-16(36-26(27,28)29)11-15(23(14)31)12-22(24(32)33)30-25(34)35-13-21-19-8-4-2-6-17(19)18-7-3-5-9-20(18)21/h2-11,21-22,31H,12-13H2,1H3,(H,30,34)(H,32,33). The number of nitrogens with one attached hydrogen (secondary N) is 1. The Morgan fingerprint density at radius 1 is 1.03 bits per heavy atom. The molecule has 0 bridgehead atoms. The third-order valence-corrected chi connectivity index (χ3v) is 5.94. The van der Waals surface area contributed by atoms with Crippen molar-refractivity contribution in [3.8, 4) is 22.6 Å². The van der Waals surface area contributed by atoms with Crippen LogP contribution >= 0.6 is 0 Å². The number of carbonyl (C=O) groups excluding carboxylic acids is 1. The van der Waals surface area contributed by atoms with E-state index in [2.05, 4.69) is 10.1 Å². The zero-order valence-electron chi connectivity index (χ0n) is 19.0. The molecule has 0 aromatic heterocycles. The van der Waals surface area contributed by atoms with Gasteiger partial charge in [0, 0.05) is 17.9 Å². The molecule has 1 aliphatic carbocycles. The van der Waals surface area contributed by atoms with E-state index in [1.54, 1.807) is 0 Å². The predicted octanol–water partition coefficient (Wildman–Crippen LogP) is 5.13. The summed E-state index contributed by atoms with van der Waals surface area (Å²) in [6, 6.07) is 15.7. The molecule has 1 atom stereocenters. The average Bonchev–Trinajstić information content (AvgIpc) is 3.13. The fourth-order valence-electron chi connectivity index (χ4n) is 4.37. The van der Waals surface area contributed by atoms with Crippen LogP contribution in [0, 0.1) is 6.92 Å². The van der Waals surface area contributed by atoms with Crippen LogP contribution in [0.15, 0.2) is 60.7 Å². The molecule has 7 nitrogen and oxygen atoms in total. The number of aromatic hydroxyl groups is 1. The SMILES string of the molecule is Cc1cc(OC(F)(F)F)cc(CC(NC(=O)OCC2c3ccccc3-c3ccccc32)C(=O)O)c1O. The van der Waals surface area contributed by atoms with Crippen molar-refractivity contribution in [3.05, 3.63) is 82.9 Å². The molecule has 0 aliphatic heterocycles. The van der Waals surface area contributed by atoms with Crippen LogP contribution in [0.1, 0.15) is 28.2 Å². The third kappa shape index (κ3) is 5.37. The Morgan fingerprint density at radius 3 is 2.17 bits per heavy atom. The summed E-state index contributed by atoms with van der Waals surface area (Å²) in [6.07, 6.45) is -6.48. The molecule has 3 N–H and O–H groups in total. The van der Waals surface area contributed by atoms with Gasteiger partial charge in [0.15, 0.2) is 0 Å². The zero-order valence-corrected chi connectivity index (χ0v) is 19.0. The highest BCUT2D eigenvalue weighted by molar-refractivity contribution is 5.81. The molecular weight excluding hydrogens is 479 g/mol. The highest BCUT2D eigenvalue weighted by Crippen LogP contribution is 2.44. The summed E-state index contributed by atoms with van der Waals surface area (Å²) < 4.78 is 47.1. The minimum atomic E-state index is -4.97. The Morgan fingerprint density at radius 2 is 1.61 bits per heavy atom. The van der Waals surface area contributed by atoms with Crippen LogP contribution in [0.3, 0.4) is 0 Å². The van der Waals surface area contributed by atoms with Crippen molar-refractivity contribution in [1.29, 1.82) is 0 Å². The van der Waals surface area contributed by atoms with E-state index in [1.165, 1.54) is 6.92 Å². The molecule has 0 saturated heterocycles. The van der Waals surface area contributed by atoms with E-state index in [0.29, 0.717) is 0 Å². The van der Waals surface area contributed by atoms with E-state index >= 15 is 0 Å². The molecule has 0 spiro atoms. The van der Waals surface area contributed by atoms with E-state index in [1.807, 2.05) is 48.5 Å². The number of alkyl carbamates (subject to hydrolysis) is 1. The number of carbonyl (C=O) groups is 2. The van der Waals surface area contributed by atoms with Crippen LogP contribution in [-0.4, -0.2) is 41.3 Å². The van der Waals surface area contributed by atoms with Gasteiger partial charge in [-0.15, -0.1) is 13.2 Å². The Labute approximate surface area is 204 Å². The summed E-state index contributed by atoms with van der Waals surface area (Å²) in [5.74, 6) is -2.71. The van der Waals surface area contributed by atoms with Gasteiger partial charge in [-0.2, -0.15) is 0 Å². The summed E-state index contributed by atoms with van der Waals surface area (Å²) in [5, 5.41) is 22.0. The third-order valence-electron chi connectivity index (χ3n) is 5.94. The van der Waals surface area contributed by atoms with Crippen molar-refractivity contribution in [2.45, 2.75) is 31.7 Å². The van der Waals surface area contributed by atoms with Crippen LogP contribution in [0.5, 0.6) is 11.5 Å². The number of alkyl halides is 3. The van der Waals surface area contributed by atoms with Crippen molar-refractivity contribution < 1.29 is 42.4 Å². The number of hydrogen-bond acceptors (Lipinski definition) is 5. The maximum absolute atomic E-state index is 12.6. The number of ether oxygens (including phenoxy) is 2. The van der Waals surface area contributed by atoms with Gasteiger partial charge in [-0.3, -0.25) is 0 Å². The van der Waals surface area contributed by atoms with Crippen molar-refractivity contribution in [1.82, 2.24) is 5.32 Å². The number of benzene rings is 3. The van der Waals surface area contributed by atoms with Crippen LogP contribution in [0.2, 0.25) is 0 Å². The number of aryl methyl sites for hydroxylation is 1. The zero-order chi connectivity index (χ0) is 26.0. The molecule has 0 saturated carbocycles. The first kappa shape index (κ1) is 24.9. The second kappa shape index (κ2) is 9.80. The minimum absolute atomic E-state index is 0.0501. The summed E-state index contributed by atoms with van der Waals surface area (Å²) in [7, 11) is 0. The van der Waals surface area contributed by atoms with Crippen LogP contribution < -0.4 is 10.1 Å². The van der Waals surface area contributed by atoms with Crippen molar-refractivity contribution in [2.24, 2.45) is 0 Å².